The van der Waals surface area contributed by atoms with Gasteiger partial charge in [-0.3, -0.25) is 14.6 Å². The number of aromatic amines is 1. The van der Waals surface area contributed by atoms with Crippen LogP contribution < -0.4 is 0 Å². The maximum absolute atomic E-state index is 9.90. The van der Waals surface area contributed by atoms with Crippen molar-refractivity contribution in [3.05, 3.63) is 54.9 Å². The second-order valence-electron chi connectivity index (χ2n) is 5.67. The van der Waals surface area contributed by atoms with E-state index in [9.17, 15) is 9.59 Å². The molecule has 3 aromatic rings. The average molecular weight is 371 g/mol. The number of hydrogen-bond acceptors (Lipinski definition) is 5. The van der Waals surface area contributed by atoms with E-state index in [1.807, 2.05) is 22.9 Å². The maximum atomic E-state index is 9.90. The molecule has 3 rings (SSSR count). The Bertz CT molecular complexity index is 815. The Hall–Kier alpha value is -3.49. The Morgan fingerprint density at radius 2 is 1.63 bits per heavy atom. The number of nitrogens with one attached hydrogen (secondary N) is 1. The van der Waals surface area contributed by atoms with Crippen molar-refractivity contribution in [2.45, 2.75) is 32.2 Å². The third-order valence-electron chi connectivity index (χ3n) is 3.56. The van der Waals surface area contributed by atoms with Gasteiger partial charge in [0.1, 0.15) is 0 Å². The minimum Gasteiger partial charge on any atom is -0.481 e. The Labute approximate surface area is 155 Å². The number of rotatable bonds is 8. The number of imidazole rings is 2. The van der Waals surface area contributed by atoms with Crippen LogP contribution in [0.4, 0.5) is 0 Å². The van der Waals surface area contributed by atoms with Crippen molar-refractivity contribution in [2.24, 2.45) is 0 Å². The van der Waals surface area contributed by atoms with Crippen LogP contribution in [0.15, 0.2) is 49.3 Å². The number of pyridine rings is 1. The lowest BCUT2D eigenvalue weighted by molar-refractivity contribution is -0.139. The number of unbranched alkanes of at least 4 members (excludes halogenated alkanes) is 1. The summed E-state index contributed by atoms with van der Waals surface area (Å²) < 4.78 is 2.05. The van der Waals surface area contributed by atoms with Crippen molar-refractivity contribution in [1.82, 2.24) is 24.5 Å². The number of carboxylic acid groups (broad SMARTS) is 2. The van der Waals surface area contributed by atoms with E-state index in [-0.39, 0.29) is 12.8 Å². The SMILES string of the molecule is O=C(O)CCCCC(=O)O.c1cc(Cn2ccnc2-c2ncc[nH]2)ccn1. The molecule has 0 aliphatic carbocycles. The molecule has 9 nitrogen and oxygen atoms in total. The van der Waals surface area contributed by atoms with Gasteiger partial charge < -0.3 is 19.8 Å². The van der Waals surface area contributed by atoms with Gasteiger partial charge in [0.15, 0.2) is 11.6 Å². The molecule has 0 aliphatic heterocycles. The smallest absolute Gasteiger partial charge is 0.303 e. The predicted molar refractivity (Wildman–Crippen MR) is 96.9 cm³/mol. The zero-order valence-electron chi connectivity index (χ0n) is 14.7. The van der Waals surface area contributed by atoms with Crippen LogP contribution in [0.1, 0.15) is 31.2 Å². The first-order valence-corrected chi connectivity index (χ1v) is 8.39. The topological polar surface area (TPSA) is 134 Å². The van der Waals surface area contributed by atoms with Crippen LogP contribution in [0, 0.1) is 0 Å². The lowest BCUT2D eigenvalue weighted by Gasteiger charge is -2.05. The average Bonchev–Trinajstić information content (AvgIpc) is 3.31. The second kappa shape index (κ2) is 10.5. The number of carbonyl (C=O) groups is 2. The molecule has 0 radical (unpaired) electrons. The first-order chi connectivity index (χ1) is 13.1. The molecule has 3 heterocycles. The molecule has 0 atom stereocenters. The highest BCUT2D eigenvalue weighted by Crippen LogP contribution is 2.13. The zero-order valence-corrected chi connectivity index (χ0v) is 14.7. The summed E-state index contributed by atoms with van der Waals surface area (Å²) in [5.41, 5.74) is 1.19. The van der Waals surface area contributed by atoms with Gasteiger partial charge in [-0.05, 0) is 30.5 Å². The van der Waals surface area contributed by atoms with Crippen LogP contribution in [0.25, 0.3) is 11.6 Å². The molecule has 27 heavy (non-hydrogen) atoms. The summed E-state index contributed by atoms with van der Waals surface area (Å²) in [5.74, 6) is -0.119. The summed E-state index contributed by atoms with van der Waals surface area (Å²) in [4.78, 5) is 35.4. The molecular weight excluding hydrogens is 350 g/mol. The van der Waals surface area contributed by atoms with Gasteiger partial charge in [-0.25, -0.2) is 9.97 Å². The highest BCUT2D eigenvalue weighted by molar-refractivity contribution is 5.67. The summed E-state index contributed by atoms with van der Waals surface area (Å²) in [7, 11) is 0. The summed E-state index contributed by atoms with van der Waals surface area (Å²) in [6.45, 7) is 0.762. The molecule has 9 heteroatoms. The Morgan fingerprint density at radius 3 is 2.19 bits per heavy atom. The van der Waals surface area contributed by atoms with E-state index in [1.165, 1.54) is 5.56 Å². The number of carboxylic acids is 2. The van der Waals surface area contributed by atoms with Crippen LogP contribution in [-0.2, 0) is 16.1 Å². The van der Waals surface area contributed by atoms with E-state index in [0.29, 0.717) is 12.8 Å². The van der Waals surface area contributed by atoms with Gasteiger partial charge >= 0.3 is 11.9 Å². The van der Waals surface area contributed by atoms with E-state index in [1.54, 1.807) is 31.0 Å². The van der Waals surface area contributed by atoms with Crippen molar-refractivity contribution >= 4 is 11.9 Å². The number of hydrogen-bond donors (Lipinski definition) is 3. The standard InChI is InChI=1S/C12H11N5.C6H10O4/c1-3-13-4-2-10(1)9-17-8-7-16-12(17)11-14-5-6-15-11;7-5(8)3-1-2-4-6(9)10/h1-8H,9H2,(H,14,15);1-4H2,(H,7,8)(H,9,10). The molecule has 0 aromatic carbocycles. The second-order valence-corrected chi connectivity index (χ2v) is 5.67. The van der Waals surface area contributed by atoms with Crippen molar-refractivity contribution in [3.63, 3.8) is 0 Å². The minimum atomic E-state index is -0.870. The van der Waals surface area contributed by atoms with Gasteiger partial charge in [-0.15, -0.1) is 0 Å². The molecule has 3 N–H and O–H groups in total. The van der Waals surface area contributed by atoms with Crippen LogP contribution >= 0.6 is 0 Å². The fraction of sp³-hybridized carbons (Fsp3) is 0.278. The Kier molecular flexibility index (Phi) is 7.70. The third kappa shape index (κ3) is 7.10. The summed E-state index contributed by atoms with van der Waals surface area (Å²) in [5, 5.41) is 16.3. The largest absolute Gasteiger partial charge is 0.481 e. The first-order valence-electron chi connectivity index (χ1n) is 8.39. The van der Waals surface area contributed by atoms with E-state index < -0.39 is 11.9 Å². The third-order valence-corrected chi connectivity index (χ3v) is 3.56. The van der Waals surface area contributed by atoms with Gasteiger partial charge in [0.2, 0.25) is 0 Å². The molecule has 0 aliphatic rings. The zero-order chi connectivity index (χ0) is 19.5. The van der Waals surface area contributed by atoms with E-state index in [2.05, 4.69) is 19.9 Å². The van der Waals surface area contributed by atoms with Crippen molar-refractivity contribution in [1.29, 1.82) is 0 Å². The predicted octanol–water partition coefficient (Wildman–Crippen LogP) is 2.43. The fourth-order valence-corrected chi connectivity index (χ4v) is 2.28. The Morgan fingerprint density at radius 1 is 0.963 bits per heavy atom. The summed E-state index contributed by atoms with van der Waals surface area (Å²) in [6, 6.07) is 3.98. The molecule has 0 bridgehead atoms. The fourth-order valence-electron chi connectivity index (χ4n) is 2.28. The number of nitrogens with zero attached hydrogens (tertiary/aromatic N) is 4. The summed E-state index contributed by atoms with van der Waals surface area (Å²) in [6.07, 6.45) is 11.8. The first kappa shape index (κ1) is 19.8. The normalized spacial score (nSPS) is 10.1. The minimum absolute atomic E-state index is 0.0628. The van der Waals surface area contributed by atoms with Crippen molar-refractivity contribution in [2.75, 3.05) is 0 Å². The molecule has 0 fully saturated rings. The number of H-pyrrole nitrogens is 1. The highest BCUT2D eigenvalue weighted by Gasteiger charge is 2.07. The van der Waals surface area contributed by atoms with Gasteiger partial charge in [-0.2, -0.15) is 0 Å². The Balaban J connectivity index is 0.000000227. The molecule has 0 saturated heterocycles. The molecule has 0 unspecified atom stereocenters. The molecule has 0 saturated carbocycles. The van der Waals surface area contributed by atoms with Crippen LogP contribution in [0.2, 0.25) is 0 Å². The monoisotopic (exact) mass is 371 g/mol. The quantitative estimate of drug-likeness (QED) is 0.518. The number of aromatic nitrogens is 5. The highest BCUT2D eigenvalue weighted by atomic mass is 16.4. The lowest BCUT2D eigenvalue weighted by atomic mass is 10.2. The molecule has 0 spiro atoms. The van der Waals surface area contributed by atoms with E-state index in [4.69, 9.17) is 10.2 Å². The lowest BCUT2D eigenvalue weighted by Crippen LogP contribution is -2.01. The van der Waals surface area contributed by atoms with Crippen molar-refractivity contribution in [3.8, 4) is 11.6 Å². The van der Waals surface area contributed by atoms with Gasteiger partial charge in [0, 0.05) is 56.6 Å². The number of aliphatic carboxylic acids is 2. The van der Waals surface area contributed by atoms with E-state index in [0.717, 1.165) is 18.2 Å². The van der Waals surface area contributed by atoms with Crippen LogP contribution in [0.5, 0.6) is 0 Å². The van der Waals surface area contributed by atoms with Gasteiger partial charge in [0.05, 0.1) is 0 Å². The molecular formula is C18H21N5O4. The van der Waals surface area contributed by atoms with Crippen molar-refractivity contribution < 1.29 is 19.8 Å². The maximum Gasteiger partial charge on any atom is 0.303 e. The van der Waals surface area contributed by atoms with Crippen LogP contribution in [0.3, 0.4) is 0 Å². The van der Waals surface area contributed by atoms with Crippen LogP contribution in [-0.4, -0.2) is 46.7 Å². The molecule has 3 aromatic heterocycles. The molecule has 142 valence electrons. The van der Waals surface area contributed by atoms with E-state index >= 15 is 0 Å². The molecule has 0 amide bonds. The summed E-state index contributed by atoms with van der Waals surface area (Å²) >= 11 is 0. The van der Waals surface area contributed by atoms with Gasteiger partial charge in [0.25, 0.3) is 0 Å². The van der Waals surface area contributed by atoms with Gasteiger partial charge in [-0.1, -0.05) is 0 Å².